The van der Waals surface area contributed by atoms with Crippen molar-refractivity contribution in [1.29, 1.82) is 0 Å². The summed E-state index contributed by atoms with van der Waals surface area (Å²) in [6, 6.07) is 1.71. The predicted octanol–water partition coefficient (Wildman–Crippen LogP) is 1.83. The topological polar surface area (TPSA) is 43.8 Å². The average Bonchev–Trinajstić information content (AvgIpc) is 2.66. The van der Waals surface area contributed by atoms with Gasteiger partial charge in [0.05, 0.1) is 5.69 Å². The Kier molecular flexibility index (Phi) is 3.63. The zero-order valence-electron chi connectivity index (χ0n) is 8.83. The molecule has 1 rings (SSSR count). The summed E-state index contributed by atoms with van der Waals surface area (Å²) < 4.78 is 16.0. The van der Waals surface area contributed by atoms with E-state index in [0.29, 0.717) is 18.7 Å². The Labute approximate surface area is 84.1 Å². The summed E-state index contributed by atoms with van der Waals surface area (Å²) in [5.74, 6) is 0. The third-order valence-corrected chi connectivity index (χ3v) is 2.44. The standard InChI is InChI=1S/C10H18FN3/c1-3-6-10(11,8-12)9-5-7-13-14(9)4-2/h5,7H,3-4,6,8,12H2,1-2H3. The molecule has 2 N–H and O–H groups in total. The minimum atomic E-state index is -1.42. The maximum absolute atomic E-state index is 14.3. The van der Waals surface area contributed by atoms with Crippen LogP contribution in [0.15, 0.2) is 12.3 Å². The Morgan fingerprint density at radius 2 is 2.29 bits per heavy atom. The lowest BCUT2D eigenvalue weighted by Crippen LogP contribution is -2.32. The molecule has 1 heterocycles. The molecule has 0 radical (unpaired) electrons. The van der Waals surface area contributed by atoms with Gasteiger partial charge in [-0.3, -0.25) is 4.68 Å². The van der Waals surface area contributed by atoms with Crippen LogP contribution in [-0.2, 0) is 12.2 Å². The molecule has 0 aliphatic heterocycles. The Morgan fingerprint density at radius 1 is 1.57 bits per heavy atom. The molecule has 0 saturated carbocycles. The van der Waals surface area contributed by atoms with Crippen molar-refractivity contribution < 1.29 is 4.39 Å². The van der Waals surface area contributed by atoms with Gasteiger partial charge in [0.15, 0.2) is 5.67 Å². The fraction of sp³-hybridized carbons (Fsp3) is 0.700. The first-order chi connectivity index (χ1) is 6.68. The quantitative estimate of drug-likeness (QED) is 0.786. The molecule has 1 aromatic rings. The molecule has 0 aliphatic rings. The maximum Gasteiger partial charge on any atom is 0.164 e. The van der Waals surface area contributed by atoms with E-state index in [0.717, 1.165) is 6.42 Å². The molecule has 0 amide bonds. The van der Waals surface area contributed by atoms with Crippen molar-refractivity contribution in [1.82, 2.24) is 9.78 Å². The fourth-order valence-electron chi connectivity index (χ4n) is 1.70. The summed E-state index contributed by atoms with van der Waals surface area (Å²) >= 11 is 0. The largest absolute Gasteiger partial charge is 0.327 e. The smallest absolute Gasteiger partial charge is 0.164 e. The van der Waals surface area contributed by atoms with Gasteiger partial charge < -0.3 is 5.73 Å². The van der Waals surface area contributed by atoms with E-state index in [4.69, 9.17) is 5.73 Å². The highest BCUT2D eigenvalue weighted by molar-refractivity contribution is 5.12. The Bertz CT molecular complexity index is 285. The van der Waals surface area contributed by atoms with E-state index in [1.807, 2.05) is 13.8 Å². The monoisotopic (exact) mass is 199 g/mol. The normalized spacial score (nSPS) is 15.4. The summed E-state index contributed by atoms with van der Waals surface area (Å²) in [4.78, 5) is 0. The molecule has 0 saturated heterocycles. The summed E-state index contributed by atoms with van der Waals surface area (Å²) in [7, 11) is 0. The van der Waals surface area contributed by atoms with Gasteiger partial charge in [0.2, 0.25) is 0 Å². The molecular formula is C10H18FN3. The van der Waals surface area contributed by atoms with Crippen LogP contribution in [0.5, 0.6) is 0 Å². The van der Waals surface area contributed by atoms with Gasteiger partial charge in [0.1, 0.15) is 0 Å². The minimum absolute atomic E-state index is 0.0204. The number of hydrogen-bond donors (Lipinski definition) is 1. The van der Waals surface area contributed by atoms with Crippen LogP contribution >= 0.6 is 0 Å². The number of nitrogens with two attached hydrogens (primary N) is 1. The van der Waals surface area contributed by atoms with Crippen LogP contribution in [0, 0.1) is 0 Å². The molecule has 1 unspecified atom stereocenters. The van der Waals surface area contributed by atoms with Crippen LogP contribution in [0.25, 0.3) is 0 Å². The lowest BCUT2D eigenvalue weighted by molar-refractivity contribution is 0.145. The zero-order chi connectivity index (χ0) is 10.6. The molecule has 80 valence electrons. The Balaban J connectivity index is 2.98. The van der Waals surface area contributed by atoms with Crippen molar-refractivity contribution in [3.8, 4) is 0 Å². The lowest BCUT2D eigenvalue weighted by Gasteiger charge is -2.23. The second-order valence-electron chi connectivity index (χ2n) is 3.45. The summed E-state index contributed by atoms with van der Waals surface area (Å²) in [5.41, 5.74) is 4.68. The molecule has 14 heavy (non-hydrogen) atoms. The highest BCUT2D eigenvalue weighted by Crippen LogP contribution is 2.29. The second kappa shape index (κ2) is 4.55. The number of rotatable bonds is 5. The third kappa shape index (κ3) is 1.95. The molecule has 0 fully saturated rings. The molecule has 1 aromatic heterocycles. The van der Waals surface area contributed by atoms with Crippen LogP contribution < -0.4 is 5.73 Å². The van der Waals surface area contributed by atoms with Crippen LogP contribution in [0.4, 0.5) is 4.39 Å². The fourth-order valence-corrected chi connectivity index (χ4v) is 1.70. The second-order valence-corrected chi connectivity index (χ2v) is 3.45. The molecule has 0 aromatic carbocycles. The molecular weight excluding hydrogens is 181 g/mol. The van der Waals surface area contributed by atoms with Gasteiger partial charge in [-0.2, -0.15) is 5.10 Å². The average molecular weight is 199 g/mol. The number of nitrogens with zero attached hydrogens (tertiary/aromatic N) is 2. The molecule has 4 heteroatoms. The number of halogens is 1. The molecule has 0 spiro atoms. The van der Waals surface area contributed by atoms with Crippen LogP contribution in [0.1, 0.15) is 32.4 Å². The van der Waals surface area contributed by atoms with Crippen molar-refractivity contribution >= 4 is 0 Å². The van der Waals surface area contributed by atoms with Gasteiger partial charge in [0.25, 0.3) is 0 Å². The van der Waals surface area contributed by atoms with Crippen molar-refractivity contribution in [2.45, 2.75) is 38.9 Å². The van der Waals surface area contributed by atoms with Crippen molar-refractivity contribution in [3.05, 3.63) is 18.0 Å². The molecule has 0 aliphatic carbocycles. The van der Waals surface area contributed by atoms with Gasteiger partial charge in [-0.05, 0) is 19.4 Å². The zero-order valence-corrected chi connectivity index (χ0v) is 8.83. The summed E-state index contributed by atoms with van der Waals surface area (Å²) in [6.45, 7) is 4.60. The number of alkyl halides is 1. The number of aromatic nitrogens is 2. The van der Waals surface area contributed by atoms with Crippen LogP contribution in [0.2, 0.25) is 0 Å². The van der Waals surface area contributed by atoms with E-state index in [2.05, 4.69) is 5.10 Å². The van der Waals surface area contributed by atoms with Gasteiger partial charge in [-0.15, -0.1) is 0 Å². The van der Waals surface area contributed by atoms with E-state index in [1.54, 1.807) is 16.9 Å². The lowest BCUT2D eigenvalue weighted by atomic mass is 9.96. The van der Waals surface area contributed by atoms with Crippen LogP contribution in [0.3, 0.4) is 0 Å². The molecule has 3 nitrogen and oxygen atoms in total. The number of aryl methyl sites for hydroxylation is 1. The van der Waals surface area contributed by atoms with E-state index < -0.39 is 5.67 Å². The van der Waals surface area contributed by atoms with Crippen LogP contribution in [-0.4, -0.2) is 16.3 Å². The first kappa shape index (κ1) is 11.2. The van der Waals surface area contributed by atoms with E-state index in [9.17, 15) is 4.39 Å². The Hall–Kier alpha value is -0.900. The van der Waals surface area contributed by atoms with E-state index in [-0.39, 0.29) is 6.54 Å². The first-order valence-corrected chi connectivity index (χ1v) is 5.09. The SMILES string of the molecule is CCCC(F)(CN)c1ccnn1CC. The van der Waals surface area contributed by atoms with Gasteiger partial charge in [-0.25, -0.2) is 4.39 Å². The maximum atomic E-state index is 14.3. The van der Waals surface area contributed by atoms with Gasteiger partial charge >= 0.3 is 0 Å². The molecule has 1 atom stereocenters. The summed E-state index contributed by atoms with van der Waals surface area (Å²) in [5, 5.41) is 4.05. The van der Waals surface area contributed by atoms with Crippen molar-refractivity contribution in [2.24, 2.45) is 5.73 Å². The van der Waals surface area contributed by atoms with E-state index >= 15 is 0 Å². The van der Waals surface area contributed by atoms with Crippen molar-refractivity contribution in [3.63, 3.8) is 0 Å². The Morgan fingerprint density at radius 3 is 2.79 bits per heavy atom. The minimum Gasteiger partial charge on any atom is -0.327 e. The highest BCUT2D eigenvalue weighted by atomic mass is 19.1. The third-order valence-electron chi connectivity index (χ3n) is 2.44. The highest BCUT2D eigenvalue weighted by Gasteiger charge is 2.32. The first-order valence-electron chi connectivity index (χ1n) is 5.09. The van der Waals surface area contributed by atoms with Gasteiger partial charge in [0, 0.05) is 19.3 Å². The summed E-state index contributed by atoms with van der Waals surface area (Å²) in [6.07, 6.45) is 2.86. The number of hydrogen-bond acceptors (Lipinski definition) is 2. The van der Waals surface area contributed by atoms with Gasteiger partial charge in [-0.1, -0.05) is 13.3 Å². The van der Waals surface area contributed by atoms with Crippen molar-refractivity contribution in [2.75, 3.05) is 6.54 Å². The van der Waals surface area contributed by atoms with E-state index in [1.165, 1.54) is 0 Å². The predicted molar refractivity (Wildman–Crippen MR) is 54.6 cm³/mol. The molecule has 0 bridgehead atoms.